The fourth-order valence-electron chi connectivity index (χ4n) is 2.09. The van der Waals surface area contributed by atoms with Crippen molar-refractivity contribution >= 4 is 0 Å². The minimum atomic E-state index is -2.37. The van der Waals surface area contributed by atoms with Crippen LogP contribution >= 0.6 is 0 Å². The van der Waals surface area contributed by atoms with Gasteiger partial charge in [-0.1, -0.05) is 27.7 Å². The molecule has 2 unspecified atom stereocenters. The normalized spacial score (nSPS) is 34.9. The Hall–Kier alpha value is -0.140. The summed E-state index contributed by atoms with van der Waals surface area (Å²) < 4.78 is 25.9. The summed E-state index contributed by atoms with van der Waals surface area (Å²) in [6.07, 6.45) is 0. The topological polar surface area (TPSA) is 0 Å². The standard InChI is InChI=1S/C9H16F2/c1-5(2)7-8(6(3)4)9(7,10)11/h5-8H,1-4H3. The van der Waals surface area contributed by atoms with E-state index in [1.165, 1.54) is 0 Å². The fourth-order valence-corrected chi connectivity index (χ4v) is 2.09. The number of halogens is 2. The summed E-state index contributed by atoms with van der Waals surface area (Å²) in [4.78, 5) is 0. The number of hydrogen-bond donors (Lipinski definition) is 0. The molecule has 66 valence electrons. The molecule has 0 amide bonds. The molecule has 2 atom stereocenters. The highest BCUT2D eigenvalue weighted by Crippen LogP contribution is 2.61. The first kappa shape index (κ1) is 8.95. The van der Waals surface area contributed by atoms with Crippen LogP contribution in [0, 0.1) is 23.7 Å². The molecule has 0 nitrogen and oxygen atoms in total. The highest BCUT2D eigenvalue weighted by Gasteiger charge is 2.69. The second kappa shape index (κ2) is 2.43. The van der Waals surface area contributed by atoms with Gasteiger partial charge in [0.05, 0.1) is 0 Å². The molecule has 0 aromatic carbocycles. The Labute approximate surface area is 67.0 Å². The van der Waals surface area contributed by atoms with Gasteiger partial charge in [-0.05, 0) is 11.8 Å². The maximum Gasteiger partial charge on any atom is 0.255 e. The summed E-state index contributed by atoms with van der Waals surface area (Å²) in [6, 6.07) is 0. The molecular formula is C9H16F2. The van der Waals surface area contributed by atoms with Crippen LogP contribution in [0.25, 0.3) is 0 Å². The van der Waals surface area contributed by atoms with Crippen LogP contribution in [0.15, 0.2) is 0 Å². The van der Waals surface area contributed by atoms with Crippen molar-refractivity contribution in [3.63, 3.8) is 0 Å². The summed E-state index contributed by atoms with van der Waals surface area (Å²) in [5, 5.41) is 0. The predicted molar refractivity (Wildman–Crippen MR) is 41.6 cm³/mol. The second-order valence-electron chi connectivity index (χ2n) is 4.21. The maximum atomic E-state index is 13.0. The van der Waals surface area contributed by atoms with E-state index < -0.39 is 5.92 Å². The van der Waals surface area contributed by atoms with Crippen molar-refractivity contribution in [2.45, 2.75) is 33.6 Å². The van der Waals surface area contributed by atoms with E-state index in [1.807, 2.05) is 27.7 Å². The van der Waals surface area contributed by atoms with Gasteiger partial charge in [-0.2, -0.15) is 0 Å². The molecular weight excluding hydrogens is 146 g/mol. The van der Waals surface area contributed by atoms with Crippen LogP contribution in [0.3, 0.4) is 0 Å². The fraction of sp³-hybridized carbons (Fsp3) is 1.00. The van der Waals surface area contributed by atoms with Gasteiger partial charge in [-0.25, -0.2) is 8.78 Å². The third kappa shape index (κ3) is 1.27. The third-order valence-corrected chi connectivity index (χ3v) is 2.60. The van der Waals surface area contributed by atoms with E-state index in [-0.39, 0.29) is 23.7 Å². The molecule has 0 radical (unpaired) electrons. The Morgan fingerprint density at radius 1 is 0.909 bits per heavy atom. The number of alkyl halides is 2. The predicted octanol–water partition coefficient (Wildman–Crippen LogP) is 3.18. The van der Waals surface area contributed by atoms with E-state index in [9.17, 15) is 8.78 Å². The van der Waals surface area contributed by atoms with Gasteiger partial charge in [0.1, 0.15) is 0 Å². The lowest BCUT2D eigenvalue weighted by molar-refractivity contribution is 0.0706. The molecule has 0 spiro atoms. The molecule has 1 rings (SSSR count). The molecule has 11 heavy (non-hydrogen) atoms. The molecule has 0 aromatic rings. The largest absolute Gasteiger partial charge is 0.255 e. The van der Waals surface area contributed by atoms with E-state index in [4.69, 9.17) is 0 Å². The smallest absolute Gasteiger partial charge is 0.206 e. The first-order valence-electron chi connectivity index (χ1n) is 4.26. The summed E-state index contributed by atoms with van der Waals surface area (Å²) in [5.41, 5.74) is 0. The maximum absolute atomic E-state index is 13.0. The van der Waals surface area contributed by atoms with Crippen LogP contribution in [-0.4, -0.2) is 5.92 Å². The molecule has 0 aromatic heterocycles. The van der Waals surface area contributed by atoms with Crippen molar-refractivity contribution in [3.8, 4) is 0 Å². The Kier molecular flexibility index (Phi) is 1.97. The lowest BCUT2D eigenvalue weighted by Crippen LogP contribution is -2.00. The van der Waals surface area contributed by atoms with Crippen LogP contribution in [-0.2, 0) is 0 Å². The molecule has 1 fully saturated rings. The zero-order chi connectivity index (χ0) is 8.81. The van der Waals surface area contributed by atoms with Crippen molar-refractivity contribution < 1.29 is 8.78 Å². The molecule has 1 aliphatic carbocycles. The van der Waals surface area contributed by atoms with Crippen molar-refractivity contribution in [1.82, 2.24) is 0 Å². The van der Waals surface area contributed by atoms with Gasteiger partial charge < -0.3 is 0 Å². The average Bonchev–Trinajstić information content (AvgIpc) is 2.33. The van der Waals surface area contributed by atoms with E-state index in [0.717, 1.165) is 0 Å². The van der Waals surface area contributed by atoms with Gasteiger partial charge in [0.15, 0.2) is 0 Å². The molecule has 0 N–H and O–H groups in total. The first-order chi connectivity index (χ1) is 4.89. The Balaban J connectivity index is 2.61. The highest BCUT2D eigenvalue weighted by atomic mass is 19.3. The summed E-state index contributed by atoms with van der Waals surface area (Å²) >= 11 is 0. The molecule has 1 saturated carbocycles. The van der Waals surface area contributed by atoms with E-state index in [2.05, 4.69) is 0 Å². The zero-order valence-electron chi connectivity index (χ0n) is 7.57. The van der Waals surface area contributed by atoms with E-state index in [0.29, 0.717) is 0 Å². The van der Waals surface area contributed by atoms with Crippen LogP contribution in [0.1, 0.15) is 27.7 Å². The third-order valence-electron chi connectivity index (χ3n) is 2.60. The summed E-state index contributed by atoms with van der Waals surface area (Å²) in [6.45, 7) is 7.50. The highest BCUT2D eigenvalue weighted by molar-refractivity contribution is 5.07. The van der Waals surface area contributed by atoms with Crippen LogP contribution in [0.5, 0.6) is 0 Å². The van der Waals surface area contributed by atoms with Gasteiger partial charge in [-0.3, -0.25) is 0 Å². The van der Waals surface area contributed by atoms with Gasteiger partial charge in [-0.15, -0.1) is 0 Å². The monoisotopic (exact) mass is 162 g/mol. The molecule has 0 aliphatic heterocycles. The van der Waals surface area contributed by atoms with Gasteiger partial charge in [0, 0.05) is 11.8 Å². The molecule has 0 bridgehead atoms. The Morgan fingerprint density at radius 2 is 1.18 bits per heavy atom. The first-order valence-corrected chi connectivity index (χ1v) is 4.26. The SMILES string of the molecule is CC(C)C1C(C(C)C)C1(F)F. The molecule has 2 heteroatoms. The minimum Gasteiger partial charge on any atom is -0.206 e. The van der Waals surface area contributed by atoms with Crippen molar-refractivity contribution in [2.24, 2.45) is 23.7 Å². The summed E-state index contributed by atoms with van der Waals surface area (Å²) in [5.74, 6) is -2.85. The number of rotatable bonds is 2. The minimum absolute atomic E-state index is 0.123. The van der Waals surface area contributed by atoms with Crippen LogP contribution in [0.2, 0.25) is 0 Å². The van der Waals surface area contributed by atoms with Crippen molar-refractivity contribution in [3.05, 3.63) is 0 Å². The molecule has 0 saturated heterocycles. The lowest BCUT2D eigenvalue weighted by Gasteiger charge is -2.01. The van der Waals surface area contributed by atoms with Crippen molar-refractivity contribution in [2.75, 3.05) is 0 Å². The quantitative estimate of drug-likeness (QED) is 0.585. The number of hydrogen-bond acceptors (Lipinski definition) is 0. The molecule has 0 heterocycles. The molecule has 1 aliphatic rings. The zero-order valence-corrected chi connectivity index (χ0v) is 7.57. The van der Waals surface area contributed by atoms with Gasteiger partial charge in [0.25, 0.3) is 5.92 Å². The van der Waals surface area contributed by atoms with Gasteiger partial charge in [0.2, 0.25) is 0 Å². The van der Waals surface area contributed by atoms with E-state index >= 15 is 0 Å². The Bertz CT molecular complexity index is 134. The summed E-state index contributed by atoms with van der Waals surface area (Å²) in [7, 11) is 0. The van der Waals surface area contributed by atoms with Crippen LogP contribution < -0.4 is 0 Å². The van der Waals surface area contributed by atoms with E-state index in [1.54, 1.807) is 0 Å². The second-order valence-corrected chi connectivity index (χ2v) is 4.21. The lowest BCUT2D eigenvalue weighted by atomic mass is 10.0. The average molecular weight is 162 g/mol. The van der Waals surface area contributed by atoms with Crippen LogP contribution in [0.4, 0.5) is 8.78 Å². The van der Waals surface area contributed by atoms with Crippen molar-refractivity contribution in [1.29, 1.82) is 0 Å². The van der Waals surface area contributed by atoms with Gasteiger partial charge >= 0.3 is 0 Å². The Morgan fingerprint density at radius 3 is 1.27 bits per heavy atom.